The predicted octanol–water partition coefficient (Wildman–Crippen LogP) is 10.4. The lowest BCUT2D eigenvalue weighted by atomic mass is 9.77. The monoisotopic (exact) mass is 468 g/mol. The molecule has 3 heteroatoms. The molecule has 186 valence electrons. The molecular weight excluding hydrogens is 426 g/mol. The van der Waals surface area contributed by atoms with Gasteiger partial charge in [0, 0.05) is 6.08 Å². The molecule has 1 aliphatic carbocycles. The molecule has 1 aliphatic rings. The van der Waals surface area contributed by atoms with Gasteiger partial charge in [-0.3, -0.25) is 0 Å². The number of hydrogen-bond donors (Lipinski definition) is 0. The van der Waals surface area contributed by atoms with Gasteiger partial charge in [-0.2, -0.15) is 8.78 Å². The third-order valence-electron chi connectivity index (χ3n) is 7.31. The van der Waals surface area contributed by atoms with Gasteiger partial charge in [0.05, 0.1) is 6.61 Å². The quantitative estimate of drug-likeness (QED) is 0.266. The van der Waals surface area contributed by atoms with Crippen LogP contribution in [0.15, 0.2) is 48.5 Å². The fraction of sp³-hybridized carbons (Fsp3) is 0.548. The van der Waals surface area contributed by atoms with Crippen molar-refractivity contribution in [2.24, 2.45) is 5.92 Å². The van der Waals surface area contributed by atoms with Gasteiger partial charge in [0.1, 0.15) is 5.75 Å². The molecule has 0 aliphatic heterocycles. The highest BCUT2D eigenvalue weighted by Crippen LogP contribution is 2.39. The Bertz CT molecular complexity index is 875. The Morgan fingerprint density at radius 1 is 0.853 bits per heavy atom. The Balaban J connectivity index is 1.64. The van der Waals surface area contributed by atoms with Crippen LogP contribution in [0.5, 0.6) is 5.75 Å². The van der Waals surface area contributed by atoms with Crippen LogP contribution in [0.3, 0.4) is 0 Å². The molecule has 0 atom stereocenters. The Hall–Kier alpha value is -2.16. The molecule has 0 bridgehead atoms. The molecule has 0 amide bonds. The first-order valence-electron chi connectivity index (χ1n) is 13.5. The van der Waals surface area contributed by atoms with Gasteiger partial charge >= 0.3 is 0 Å². The van der Waals surface area contributed by atoms with Crippen molar-refractivity contribution >= 4 is 6.08 Å². The molecule has 0 unspecified atom stereocenters. The summed E-state index contributed by atoms with van der Waals surface area (Å²) >= 11 is 0. The van der Waals surface area contributed by atoms with Gasteiger partial charge in [-0.15, -0.1) is 0 Å². The standard InChI is InChI=1S/C31H42F2O/c1-3-5-7-9-21-34-29-19-20-30(28(22-29)23-31(32)33)27-17-15-26(16-18-27)25-13-11-24(12-14-25)10-8-6-4-2/h15-20,22-25H,3-14,21H2,1-2H3/t24-,25-. The average Bonchev–Trinajstić information content (AvgIpc) is 2.84. The summed E-state index contributed by atoms with van der Waals surface area (Å²) in [5.41, 5.74) is 3.68. The Morgan fingerprint density at radius 3 is 2.24 bits per heavy atom. The van der Waals surface area contributed by atoms with E-state index < -0.39 is 6.08 Å². The first kappa shape index (κ1) is 26.4. The highest BCUT2D eigenvalue weighted by molar-refractivity contribution is 5.76. The number of hydrogen-bond acceptors (Lipinski definition) is 1. The number of unbranched alkanes of at least 4 members (excludes halogenated alkanes) is 5. The van der Waals surface area contributed by atoms with E-state index in [1.165, 1.54) is 69.8 Å². The summed E-state index contributed by atoms with van der Waals surface area (Å²) in [6.07, 6.45) is 14.4. The molecule has 2 aromatic carbocycles. The van der Waals surface area contributed by atoms with Gasteiger partial charge in [0.25, 0.3) is 6.08 Å². The van der Waals surface area contributed by atoms with E-state index in [1.807, 2.05) is 12.1 Å². The predicted molar refractivity (Wildman–Crippen MR) is 141 cm³/mol. The minimum Gasteiger partial charge on any atom is -0.494 e. The summed E-state index contributed by atoms with van der Waals surface area (Å²) in [5, 5.41) is 0. The number of ether oxygens (including phenoxy) is 1. The Labute approximate surface area is 205 Å². The third kappa shape index (κ3) is 8.25. The zero-order valence-corrected chi connectivity index (χ0v) is 21.1. The highest BCUT2D eigenvalue weighted by atomic mass is 19.3. The van der Waals surface area contributed by atoms with Crippen molar-refractivity contribution in [1.29, 1.82) is 0 Å². The van der Waals surface area contributed by atoms with Crippen molar-refractivity contribution in [3.63, 3.8) is 0 Å². The summed E-state index contributed by atoms with van der Waals surface area (Å²) in [7, 11) is 0. The maximum Gasteiger partial charge on any atom is 0.270 e. The summed E-state index contributed by atoms with van der Waals surface area (Å²) in [4.78, 5) is 0. The topological polar surface area (TPSA) is 9.23 Å². The van der Waals surface area contributed by atoms with Crippen molar-refractivity contribution in [3.05, 3.63) is 59.7 Å². The van der Waals surface area contributed by atoms with Gasteiger partial charge in [0.2, 0.25) is 0 Å². The second-order valence-electron chi connectivity index (χ2n) is 9.93. The minimum absolute atomic E-state index is 0.506. The molecule has 0 N–H and O–H groups in total. The van der Waals surface area contributed by atoms with Crippen LogP contribution in [0.25, 0.3) is 17.2 Å². The number of halogens is 2. The Kier molecular flexibility index (Phi) is 11.1. The average molecular weight is 469 g/mol. The molecule has 1 saturated carbocycles. The summed E-state index contributed by atoms with van der Waals surface area (Å²) in [6.45, 7) is 5.07. The van der Waals surface area contributed by atoms with Crippen LogP contribution in [0.4, 0.5) is 8.78 Å². The fourth-order valence-electron chi connectivity index (χ4n) is 5.25. The number of rotatable bonds is 13. The van der Waals surface area contributed by atoms with Gasteiger partial charge in [-0.05, 0) is 78.3 Å². The van der Waals surface area contributed by atoms with Gasteiger partial charge < -0.3 is 4.74 Å². The smallest absolute Gasteiger partial charge is 0.270 e. The SMILES string of the molecule is CCCCCCOc1ccc(-c2ccc([C@H]3CC[C@H](CCCCC)CC3)cc2)c(C=C(F)F)c1. The van der Waals surface area contributed by atoms with Gasteiger partial charge in [-0.1, -0.05) is 89.1 Å². The van der Waals surface area contributed by atoms with Crippen LogP contribution >= 0.6 is 0 Å². The van der Waals surface area contributed by atoms with E-state index in [-0.39, 0.29) is 0 Å². The van der Waals surface area contributed by atoms with Crippen LogP contribution in [0, 0.1) is 5.92 Å². The summed E-state index contributed by atoms with van der Waals surface area (Å²) < 4.78 is 32.2. The van der Waals surface area contributed by atoms with Gasteiger partial charge in [0.15, 0.2) is 0 Å². The van der Waals surface area contributed by atoms with E-state index in [0.717, 1.165) is 36.0 Å². The molecule has 1 fully saturated rings. The van der Waals surface area contributed by atoms with Crippen molar-refractivity contribution in [2.45, 2.75) is 96.8 Å². The van der Waals surface area contributed by atoms with Crippen molar-refractivity contribution < 1.29 is 13.5 Å². The molecular formula is C31H42F2O. The second-order valence-corrected chi connectivity index (χ2v) is 9.93. The lowest BCUT2D eigenvalue weighted by Crippen LogP contribution is -2.13. The maximum absolute atomic E-state index is 13.2. The number of benzene rings is 2. The van der Waals surface area contributed by atoms with Crippen molar-refractivity contribution in [2.75, 3.05) is 6.61 Å². The van der Waals surface area contributed by atoms with E-state index in [4.69, 9.17) is 4.74 Å². The van der Waals surface area contributed by atoms with Gasteiger partial charge in [-0.25, -0.2) is 0 Å². The lowest BCUT2D eigenvalue weighted by molar-refractivity contribution is 0.303. The van der Waals surface area contributed by atoms with Crippen molar-refractivity contribution in [3.8, 4) is 16.9 Å². The molecule has 0 heterocycles. The van der Waals surface area contributed by atoms with E-state index >= 15 is 0 Å². The van der Waals surface area contributed by atoms with Crippen molar-refractivity contribution in [1.82, 2.24) is 0 Å². The maximum atomic E-state index is 13.2. The molecule has 34 heavy (non-hydrogen) atoms. The third-order valence-corrected chi connectivity index (χ3v) is 7.31. The zero-order valence-electron chi connectivity index (χ0n) is 21.1. The Morgan fingerprint density at radius 2 is 1.56 bits per heavy atom. The lowest BCUT2D eigenvalue weighted by Gasteiger charge is -2.29. The fourth-order valence-corrected chi connectivity index (χ4v) is 5.25. The normalized spacial score (nSPS) is 18.0. The minimum atomic E-state index is -1.69. The summed E-state index contributed by atoms with van der Waals surface area (Å²) in [6, 6.07) is 14.1. The molecule has 2 aromatic rings. The highest BCUT2D eigenvalue weighted by Gasteiger charge is 2.22. The molecule has 1 nitrogen and oxygen atoms in total. The van der Waals surface area contributed by atoms with E-state index in [1.54, 1.807) is 6.07 Å². The summed E-state index contributed by atoms with van der Waals surface area (Å²) in [5.74, 6) is 2.18. The van der Waals surface area contributed by atoms with Crippen LogP contribution < -0.4 is 4.74 Å². The molecule has 3 rings (SSSR count). The molecule has 0 aromatic heterocycles. The largest absolute Gasteiger partial charge is 0.494 e. The first-order valence-corrected chi connectivity index (χ1v) is 13.5. The first-order chi connectivity index (χ1) is 16.6. The van der Waals surface area contributed by atoms with E-state index in [9.17, 15) is 8.78 Å². The second kappa shape index (κ2) is 14.3. The van der Waals surface area contributed by atoms with E-state index in [0.29, 0.717) is 23.8 Å². The van der Waals surface area contributed by atoms with E-state index in [2.05, 4.69) is 38.1 Å². The molecule has 0 saturated heterocycles. The molecule has 0 spiro atoms. The van der Waals surface area contributed by atoms with Crippen LogP contribution in [0.1, 0.15) is 108 Å². The molecule has 0 radical (unpaired) electrons. The van der Waals surface area contributed by atoms with Crippen LogP contribution in [-0.4, -0.2) is 6.61 Å². The van der Waals surface area contributed by atoms with Crippen LogP contribution in [-0.2, 0) is 0 Å². The zero-order chi connectivity index (χ0) is 24.2. The van der Waals surface area contributed by atoms with Crippen LogP contribution in [0.2, 0.25) is 0 Å².